The number of aromatic nitrogens is 1. The van der Waals surface area contributed by atoms with E-state index in [0.29, 0.717) is 0 Å². The van der Waals surface area contributed by atoms with Gasteiger partial charge in [-0.05, 0) is 67.2 Å². The molecule has 0 atom stereocenters. The van der Waals surface area contributed by atoms with Crippen LogP contribution in [0.3, 0.4) is 0 Å². The van der Waals surface area contributed by atoms with E-state index in [1.54, 1.807) is 6.08 Å². The first-order chi connectivity index (χ1) is 14.8. The molecule has 158 valence electrons. The van der Waals surface area contributed by atoms with Crippen LogP contribution in [-0.2, 0) is 16.1 Å². The van der Waals surface area contributed by atoms with Crippen molar-refractivity contribution in [2.45, 2.75) is 33.6 Å². The molecular weight excluding hydrogens is 452 g/mol. The average Bonchev–Trinajstić information content (AvgIpc) is 3.06. The number of hydrogen-bond acceptors (Lipinski definition) is 3. The van der Waals surface area contributed by atoms with Crippen molar-refractivity contribution < 1.29 is 9.63 Å². The molecular formula is C26H25BrN2O2. The van der Waals surface area contributed by atoms with E-state index in [1.165, 1.54) is 11.8 Å². The maximum Gasteiger partial charge on any atom is 0.358 e. The van der Waals surface area contributed by atoms with Crippen LogP contribution in [0.25, 0.3) is 11.8 Å². The Kier molecular flexibility index (Phi) is 5.96. The third-order valence-corrected chi connectivity index (χ3v) is 5.96. The Morgan fingerprint density at radius 2 is 1.81 bits per heavy atom. The molecule has 0 aliphatic heterocycles. The largest absolute Gasteiger partial charge is 0.358 e. The van der Waals surface area contributed by atoms with Crippen molar-refractivity contribution in [3.05, 3.63) is 93.7 Å². The zero-order valence-corrected chi connectivity index (χ0v) is 19.5. The van der Waals surface area contributed by atoms with Crippen molar-refractivity contribution >= 4 is 33.7 Å². The molecule has 0 N–H and O–H groups in total. The van der Waals surface area contributed by atoms with Crippen molar-refractivity contribution in [2.75, 3.05) is 0 Å². The summed E-state index contributed by atoms with van der Waals surface area (Å²) in [6.45, 7) is 6.53. The normalized spacial score (nSPS) is 16.5. The quantitative estimate of drug-likeness (QED) is 0.245. The molecule has 0 saturated carbocycles. The highest BCUT2D eigenvalue weighted by Gasteiger charge is 2.33. The summed E-state index contributed by atoms with van der Waals surface area (Å²) < 4.78 is 3.32. The van der Waals surface area contributed by atoms with E-state index < -0.39 is 5.97 Å². The summed E-state index contributed by atoms with van der Waals surface area (Å²) >= 11 is 3.51. The Labute approximate surface area is 191 Å². The van der Waals surface area contributed by atoms with Gasteiger partial charge >= 0.3 is 5.97 Å². The Morgan fingerprint density at radius 3 is 2.52 bits per heavy atom. The van der Waals surface area contributed by atoms with Crippen molar-refractivity contribution in [1.82, 2.24) is 4.57 Å². The van der Waals surface area contributed by atoms with Crippen LogP contribution < -0.4 is 0 Å². The van der Waals surface area contributed by atoms with E-state index in [4.69, 9.17) is 4.84 Å². The Hall–Kier alpha value is -2.92. The van der Waals surface area contributed by atoms with Gasteiger partial charge in [-0.15, -0.1) is 0 Å². The number of halogens is 1. The van der Waals surface area contributed by atoms with Gasteiger partial charge in [0.1, 0.15) is 0 Å². The van der Waals surface area contributed by atoms with Crippen LogP contribution in [0.5, 0.6) is 0 Å². The number of hydrogen-bond donors (Lipinski definition) is 0. The highest BCUT2D eigenvalue weighted by Crippen LogP contribution is 2.38. The smallest absolute Gasteiger partial charge is 0.318 e. The monoisotopic (exact) mass is 476 g/mol. The molecule has 1 aromatic heterocycles. The number of carbonyl (C=O) groups is 1. The number of nitrogens with zero attached hydrogens (tertiary/aromatic N) is 2. The fourth-order valence-electron chi connectivity index (χ4n) is 4.07. The van der Waals surface area contributed by atoms with Gasteiger partial charge in [0.05, 0.1) is 5.71 Å². The molecule has 0 amide bonds. The molecule has 1 heterocycles. The van der Waals surface area contributed by atoms with Gasteiger partial charge in [0.15, 0.2) is 0 Å². The van der Waals surface area contributed by atoms with Gasteiger partial charge in [-0.25, -0.2) is 4.79 Å². The standard InChI is InChI=1S/C26H25BrN2O2/c1-18-15-22-23(28-31-25(30)14-9-19-7-5-4-6-8-19)16-26(2,3)17-24(22)29(18)21-12-10-20(27)11-13-21/h4-15H,16-17H2,1-3H3/b14-9+,28-23+. The van der Waals surface area contributed by atoms with Gasteiger partial charge in [0.25, 0.3) is 0 Å². The lowest BCUT2D eigenvalue weighted by molar-refractivity contribution is -0.137. The summed E-state index contributed by atoms with van der Waals surface area (Å²) in [5, 5.41) is 4.29. The molecule has 4 nitrogen and oxygen atoms in total. The molecule has 4 rings (SSSR count). The Balaban J connectivity index is 1.63. The lowest BCUT2D eigenvalue weighted by Crippen LogP contribution is -2.28. The van der Waals surface area contributed by atoms with Crippen molar-refractivity contribution in [2.24, 2.45) is 10.6 Å². The second kappa shape index (κ2) is 8.67. The Bertz CT molecular complexity index is 1160. The molecule has 0 saturated heterocycles. The number of fused-ring (bicyclic) bond motifs is 1. The number of carbonyl (C=O) groups excluding carboxylic acids is 1. The minimum absolute atomic E-state index is 0.00995. The lowest BCUT2D eigenvalue weighted by Gasteiger charge is -2.31. The lowest BCUT2D eigenvalue weighted by atomic mass is 9.76. The van der Waals surface area contributed by atoms with Crippen molar-refractivity contribution in [3.63, 3.8) is 0 Å². The number of benzene rings is 2. The van der Waals surface area contributed by atoms with Gasteiger partial charge in [-0.1, -0.05) is 65.3 Å². The van der Waals surface area contributed by atoms with E-state index in [-0.39, 0.29) is 5.41 Å². The number of aryl methyl sites for hydroxylation is 1. The summed E-state index contributed by atoms with van der Waals surface area (Å²) in [5.41, 5.74) is 6.26. The highest BCUT2D eigenvalue weighted by atomic mass is 79.9. The van der Waals surface area contributed by atoms with E-state index in [9.17, 15) is 4.79 Å². The second-order valence-electron chi connectivity index (χ2n) is 8.67. The van der Waals surface area contributed by atoms with E-state index in [0.717, 1.165) is 45.5 Å². The van der Waals surface area contributed by atoms with Crippen LogP contribution in [0.1, 0.15) is 42.8 Å². The fourth-order valence-corrected chi connectivity index (χ4v) is 4.33. The summed E-state index contributed by atoms with van der Waals surface area (Å²) in [6.07, 6.45) is 4.81. The maximum atomic E-state index is 12.2. The first-order valence-corrected chi connectivity index (χ1v) is 11.1. The zero-order valence-electron chi connectivity index (χ0n) is 17.9. The van der Waals surface area contributed by atoms with Crippen LogP contribution >= 0.6 is 15.9 Å². The third-order valence-electron chi connectivity index (χ3n) is 5.43. The van der Waals surface area contributed by atoms with E-state index >= 15 is 0 Å². The molecule has 1 aliphatic carbocycles. The summed E-state index contributed by atoms with van der Waals surface area (Å²) in [4.78, 5) is 17.5. The van der Waals surface area contributed by atoms with Gasteiger partial charge in [-0.3, -0.25) is 0 Å². The molecule has 1 aliphatic rings. The maximum absolute atomic E-state index is 12.2. The minimum atomic E-state index is -0.481. The topological polar surface area (TPSA) is 43.6 Å². The van der Waals surface area contributed by atoms with Crippen LogP contribution in [0.4, 0.5) is 0 Å². The van der Waals surface area contributed by atoms with Gasteiger partial charge in [0, 0.05) is 33.2 Å². The summed E-state index contributed by atoms with van der Waals surface area (Å²) in [6, 6.07) is 20.1. The predicted octanol–water partition coefficient (Wildman–Crippen LogP) is 6.48. The van der Waals surface area contributed by atoms with Crippen LogP contribution in [-0.4, -0.2) is 16.2 Å². The molecule has 0 fully saturated rings. The van der Waals surface area contributed by atoms with Crippen molar-refractivity contribution in [1.29, 1.82) is 0 Å². The van der Waals surface area contributed by atoms with E-state index in [2.05, 4.69) is 64.6 Å². The van der Waals surface area contributed by atoms with Gasteiger partial charge in [-0.2, -0.15) is 0 Å². The van der Waals surface area contributed by atoms with Gasteiger partial charge < -0.3 is 9.40 Å². The average molecular weight is 477 g/mol. The first-order valence-electron chi connectivity index (χ1n) is 10.3. The SMILES string of the molecule is Cc1cc2c(n1-c1ccc(Br)cc1)CC(C)(C)C/C2=N\OC(=O)/C=C/c1ccccc1. The van der Waals surface area contributed by atoms with Crippen molar-refractivity contribution in [3.8, 4) is 5.69 Å². The predicted molar refractivity (Wildman–Crippen MR) is 128 cm³/mol. The Morgan fingerprint density at radius 1 is 1.10 bits per heavy atom. The van der Waals surface area contributed by atoms with Crippen LogP contribution in [0.2, 0.25) is 0 Å². The molecule has 0 bridgehead atoms. The molecule has 0 spiro atoms. The molecule has 0 unspecified atom stereocenters. The molecule has 31 heavy (non-hydrogen) atoms. The van der Waals surface area contributed by atoms with E-state index in [1.807, 2.05) is 42.5 Å². The third kappa shape index (κ3) is 4.88. The second-order valence-corrected chi connectivity index (χ2v) is 9.58. The van der Waals surface area contributed by atoms with Crippen LogP contribution in [0, 0.1) is 12.3 Å². The number of oxime groups is 1. The molecule has 2 aromatic carbocycles. The fraction of sp³-hybridized carbons (Fsp3) is 0.231. The number of rotatable bonds is 4. The molecule has 5 heteroatoms. The minimum Gasteiger partial charge on any atom is -0.318 e. The molecule has 0 radical (unpaired) electrons. The highest BCUT2D eigenvalue weighted by molar-refractivity contribution is 9.10. The molecule has 3 aromatic rings. The zero-order chi connectivity index (χ0) is 22.0. The van der Waals surface area contributed by atoms with Crippen LogP contribution in [0.15, 0.2) is 76.4 Å². The van der Waals surface area contributed by atoms with Gasteiger partial charge in [0.2, 0.25) is 0 Å². The first kappa shape index (κ1) is 21.3. The summed E-state index contributed by atoms with van der Waals surface area (Å²) in [5.74, 6) is -0.481. The summed E-state index contributed by atoms with van der Waals surface area (Å²) in [7, 11) is 0.